The van der Waals surface area contributed by atoms with Gasteiger partial charge in [-0.3, -0.25) is 0 Å². The van der Waals surface area contributed by atoms with Crippen molar-refractivity contribution in [3.63, 3.8) is 0 Å². The summed E-state index contributed by atoms with van der Waals surface area (Å²) in [6.45, 7) is 6.64. The van der Waals surface area contributed by atoms with Crippen LogP contribution < -0.4 is 5.32 Å². The number of unbranched alkanes of at least 4 members (excludes halogenated alkanes) is 1. The zero-order chi connectivity index (χ0) is 16.9. The molecule has 0 saturated carbocycles. The van der Waals surface area contributed by atoms with Crippen LogP contribution in [0.15, 0.2) is 24.3 Å². The Morgan fingerprint density at radius 3 is 2.57 bits per heavy atom. The molecular weight excluding hydrogens is 310 g/mol. The van der Waals surface area contributed by atoms with E-state index in [1.165, 1.54) is 9.87 Å². The normalized spacial score (nSPS) is 20.1. The van der Waals surface area contributed by atoms with Crippen molar-refractivity contribution >= 4 is 10.2 Å². The van der Waals surface area contributed by atoms with Gasteiger partial charge in [-0.05, 0) is 24.0 Å². The van der Waals surface area contributed by atoms with E-state index >= 15 is 0 Å². The van der Waals surface area contributed by atoms with E-state index in [0.29, 0.717) is 26.2 Å². The molecule has 6 heteroatoms. The van der Waals surface area contributed by atoms with Gasteiger partial charge in [-0.1, -0.05) is 44.5 Å². The summed E-state index contributed by atoms with van der Waals surface area (Å²) < 4.78 is 29.0. The number of piperazine rings is 1. The molecule has 1 aliphatic rings. The number of nitrogens with zero attached hydrogens (tertiary/aromatic N) is 2. The fourth-order valence-electron chi connectivity index (χ4n) is 2.90. The molecule has 2 rings (SSSR count). The molecule has 0 aromatic heterocycles. The van der Waals surface area contributed by atoms with Crippen molar-refractivity contribution in [2.75, 3.05) is 33.2 Å². The average molecular weight is 340 g/mol. The lowest BCUT2D eigenvalue weighted by atomic mass is 10.0. The second kappa shape index (κ2) is 8.24. The van der Waals surface area contributed by atoms with E-state index < -0.39 is 10.2 Å². The van der Waals surface area contributed by atoms with Crippen LogP contribution in [0.4, 0.5) is 0 Å². The second-order valence-corrected chi connectivity index (χ2v) is 8.10. The number of nitrogens with one attached hydrogen (secondary N) is 1. The van der Waals surface area contributed by atoms with Gasteiger partial charge in [0.15, 0.2) is 0 Å². The minimum atomic E-state index is -3.42. The summed E-state index contributed by atoms with van der Waals surface area (Å²) in [5.41, 5.74) is 2.33. The van der Waals surface area contributed by atoms with Crippen LogP contribution in [0.25, 0.3) is 0 Å². The number of rotatable bonds is 7. The molecule has 0 bridgehead atoms. The fraction of sp³-hybridized carbons (Fsp3) is 0.647. The highest BCUT2D eigenvalue weighted by Gasteiger charge is 2.35. The van der Waals surface area contributed by atoms with Crippen LogP contribution in [0, 0.1) is 0 Å². The highest BCUT2D eigenvalue weighted by Crippen LogP contribution is 2.27. The van der Waals surface area contributed by atoms with Gasteiger partial charge in [-0.25, -0.2) is 0 Å². The number of hydrogen-bond acceptors (Lipinski definition) is 3. The highest BCUT2D eigenvalue weighted by molar-refractivity contribution is 7.86. The van der Waals surface area contributed by atoms with Gasteiger partial charge in [0.25, 0.3) is 10.2 Å². The lowest BCUT2D eigenvalue weighted by molar-refractivity contribution is 0.252. The molecule has 1 saturated heterocycles. The molecule has 1 aliphatic heterocycles. The van der Waals surface area contributed by atoms with Crippen molar-refractivity contribution in [3.05, 3.63) is 35.4 Å². The predicted octanol–water partition coefficient (Wildman–Crippen LogP) is 2.17. The van der Waals surface area contributed by atoms with Crippen LogP contribution in [-0.4, -0.2) is 50.3 Å². The van der Waals surface area contributed by atoms with E-state index in [0.717, 1.165) is 24.8 Å². The Bertz CT molecular complexity index is 586. The van der Waals surface area contributed by atoms with E-state index in [1.807, 2.05) is 0 Å². The minimum Gasteiger partial charge on any atom is -0.313 e. The molecule has 1 aromatic carbocycles. The van der Waals surface area contributed by atoms with Crippen LogP contribution in [0.5, 0.6) is 0 Å². The Morgan fingerprint density at radius 1 is 1.26 bits per heavy atom. The minimum absolute atomic E-state index is 0.135. The van der Waals surface area contributed by atoms with Gasteiger partial charge >= 0.3 is 0 Å². The first-order valence-electron chi connectivity index (χ1n) is 8.53. The van der Waals surface area contributed by atoms with E-state index in [9.17, 15) is 8.42 Å². The summed E-state index contributed by atoms with van der Waals surface area (Å²) >= 11 is 0. The third-order valence-electron chi connectivity index (χ3n) is 4.48. The highest BCUT2D eigenvalue weighted by atomic mass is 32.2. The molecule has 1 N–H and O–H groups in total. The summed E-state index contributed by atoms with van der Waals surface area (Å²) in [6, 6.07) is 8.17. The molecule has 130 valence electrons. The van der Waals surface area contributed by atoms with E-state index in [4.69, 9.17) is 0 Å². The van der Waals surface area contributed by atoms with Crippen molar-refractivity contribution in [1.82, 2.24) is 13.9 Å². The first kappa shape index (κ1) is 18.4. The third kappa shape index (κ3) is 4.32. The van der Waals surface area contributed by atoms with E-state index in [1.54, 1.807) is 11.4 Å². The molecule has 1 unspecified atom stereocenters. The van der Waals surface area contributed by atoms with Crippen LogP contribution in [0.1, 0.15) is 43.9 Å². The Kier molecular flexibility index (Phi) is 6.59. The van der Waals surface area contributed by atoms with Crippen molar-refractivity contribution in [3.8, 4) is 0 Å². The lowest BCUT2D eigenvalue weighted by Crippen LogP contribution is -2.52. The summed E-state index contributed by atoms with van der Waals surface area (Å²) in [6.07, 6.45) is 2.87. The molecular formula is C17H29N3O2S. The molecule has 1 atom stereocenters. The molecule has 0 spiro atoms. The molecule has 1 aromatic rings. The second-order valence-electron chi connectivity index (χ2n) is 6.11. The van der Waals surface area contributed by atoms with Gasteiger partial charge in [0.05, 0.1) is 6.04 Å². The topological polar surface area (TPSA) is 52.7 Å². The standard InChI is InChI=1S/C17H29N3O2S/c1-4-6-12-19(3)23(21,22)20-13-11-18-14-17(20)16-9-7-15(5-2)8-10-16/h7-10,17-18H,4-6,11-14H2,1-3H3. The number of benzene rings is 1. The maximum absolute atomic E-state index is 12.9. The maximum Gasteiger partial charge on any atom is 0.282 e. The summed E-state index contributed by atoms with van der Waals surface area (Å²) in [5.74, 6) is 0. The summed E-state index contributed by atoms with van der Waals surface area (Å²) in [4.78, 5) is 0. The van der Waals surface area contributed by atoms with Crippen molar-refractivity contribution < 1.29 is 8.42 Å². The lowest BCUT2D eigenvalue weighted by Gasteiger charge is -2.37. The monoisotopic (exact) mass is 339 g/mol. The van der Waals surface area contributed by atoms with Crippen LogP contribution in [-0.2, 0) is 16.6 Å². The van der Waals surface area contributed by atoms with Gasteiger partial charge in [0.2, 0.25) is 0 Å². The maximum atomic E-state index is 12.9. The van der Waals surface area contributed by atoms with E-state index in [2.05, 4.69) is 43.4 Å². The third-order valence-corrected chi connectivity index (χ3v) is 6.48. The molecule has 1 fully saturated rings. The Balaban J connectivity index is 2.23. The van der Waals surface area contributed by atoms with Gasteiger partial charge in [-0.15, -0.1) is 0 Å². The molecule has 0 radical (unpaired) electrons. The first-order chi connectivity index (χ1) is 11.0. The van der Waals surface area contributed by atoms with Crippen molar-refractivity contribution in [2.24, 2.45) is 0 Å². The zero-order valence-corrected chi connectivity index (χ0v) is 15.3. The van der Waals surface area contributed by atoms with Crippen molar-refractivity contribution in [2.45, 2.75) is 39.2 Å². The van der Waals surface area contributed by atoms with E-state index in [-0.39, 0.29) is 6.04 Å². The fourth-order valence-corrected chi connectivity index (χ4v) is 4.45. The quantitative estimate of drug-likeness (QED) is 0.828. The van der Waals surface area contributed by atoms with Crippen LogP contribution in [0.3, 0.4) is 0 Å². The average Bonchev–Trinajstić information content (AvgIpc) is 2.59. The molecule has 1 heterocycles. The molecule has 0 amide bonds. The number of aryl methyl sites for hydroxylation is 1. The van der Waals surface area contributed by atoms with Gasteiger partial charge in [0.1, 0.15) is 0 Å². The SMILES string of the molecule is CCCCN(C)S(=O)(=O)N1CCNCC1c1ccc(CC)cc1. The molecule has 23 heavy (non-hydrogen) atoms. The van der Waals surface area contributed by atoms with Crippen LogP contribution >= 0.6 is 0 Å². The van der Waals surface area contributed by atoms with Crippen molar-refractivity contribution in [1.29, 1.82) is 0 Å². The van der Waals surface area contributed by atoms with Gasteiger partial charge < -0.3 is 5.32 Å². The molecule has 5 nitrogen and oxygen atoms in total. The first-order valence-corrected chi connectivity index (χ1v) is 9.93. The number of hydrogen-bond donors (Lipinski definition) is 1. The molecule has 0 aliphatic carbocycles. The Hall–Kier alpha value is -0.950. The van der Waals surface area contributed by atoms with Gasteiger partial charge in [-0.2, -0.15) is 17.0 Å². The Labute approximate surface area is 140 Å². The predicted molar refractivity (Wildman–Crippen MR) is 94.6 cm³/mol. The summed E-state index contributed by atoms with van der Waals surface area (Å²) in [5, 5.41) is 3.32. The zero-order valence-electron chi connectivity index (χ0n) is 14.5. The Morgan fingerprint density at radius 2 is 1.96 bits per heavy atom. The summed E-state index contributed by atoms with van der Waals surface area (Å²) in [7, 11) is -1.74. The van der Waals surface area contributed by atoms with Crippen LogP contribution in [0.2, 0.25) is 0 Å². The van der Waals surface area contributed by atoms with Gasteiger partial charge in [0, 0.05) is 33.2 Å². The smallest absolute Gasteiger partial charge is 0.282 e. The largest absolute Gasteiger partial charge is 0.313 e.